The van der Waals surface area contributed by atoms with Crippen LogP contribution in [0.3, 0.4) is 0 Å². The number of carbonyl (C=O) groups excluding carboxylic acids is 1. The number of nitrogens with zero attached hydrogens (tertiary/aromatic N) is 2. The molecule has 0 aromatic heterocycles. The summed E-state index contributed by atoms with van der Waals surface area (Å²) < 4.78 is 5.25. The average molecular weight is 288 g/mol. The van der Waals surface area contributed by atoms with Gasteiger partial charge in [-0.25, -0.2) is 0 Å². The number of aliphatic imine (C=N–C) groups is 1. The van der Waals surface area contributed by atoms with Gasteiger partial charge in [0.25, 0.3) is 0 Å². The third-order valence-electron chi connectivity index (χ3n) is 4.21. The third-order valence-corrected chi connectivity index (χ3v) is 4.21. The average Bonchev–Trinajstić information content (AvgIpc) is 2.52. The number of hydrogen-bond donors (Lipinski definition) is 0. The van der Waals surface area contributed by atoms with E-state index in [-0.39, 0.29) is 18.0 Å². The zero-order valence-corrected chi connectivity index (χ0v) is 13.0. The highest BCUT2D eigenvalue weighted by atomic mass is 16.5. The summed E-state index contributed by atoms with van der Waals surface area (Å²) in [5.74, 6) is 0.788. The minimum absolute atomic E-state index is 0.122. The molecule has 0 aliphatic carbocycles. The van der Waals surface area contributed by atoms with E-state index < -0.39 is 0 Å². The normalized spacial score (nSPS) is 24.9. The number of amides is 1. The topological polar surface area (TPSA) is 41.9 Å². The maximum atomic E-state index is 12.6. The number of methoxy groups -OCH3 is 1. The maximum Gasteiger partial charge on any atom is 0.248 e. The van der Waals surface area contributed by atoms with Crippen molar-refractivity contribution in [2.45, 2.75) is 44.7 Å². The van der Waals surface area contributed by atoms with E-state index in [0.717, 1.165) is 36.8 Å². The number of carbonyl (C=O) groups is 1. The van der Waals surface area contributed by atoms with Crippen molar-refractivity contribution in [1.29, 1.82) is 0 Å². The Morgan fingerprint density at radius 1 is 1.62 bits per heavy atom. The molecule has 4 heteroatoms. The van der Waals surface area contributed by atoms with Gasteiger partial charge in [-0.3, -0.25) is 9.79 Å². The lowest BCUT2D eigenvalue weighted by atomic mass is 9.90. The number of hydrogen-bond acceptors (Lipinski definition) is 3. The number of fused-ring (bicyclic) bond motifs is 1. The van der Waals surface area contributed by atoms with Gasteiger partial charge in [-0.05, 0) is 18.4 Å². The monoisotopic (exact) mass is 288 g/mol. The Bertz CT molecular complexity index is 505. The standard InChI is InChI=1S/C17H24N2O2/c1-5-7-8-15-17(20)19-10-9-14(12(3)21-4)13(6-2)16(19)11-18-15/h6,11,15-16H,2-3,5,7-10H2,1,4H3. The molecule has 21 heavy (non-hydrogen) atoms. The molecule has 0 spiro atoms. The van der Waals surface area contributed by atoms with Gasteiger partial charge in [0.2, 0.25) is 5.91 Å². The van der Waals surface area contributed by atoms with Crippen molar-refractivity contribution in [3.05, 3.63) is 36.1 Å². The lowest BCUT2D eigenvalue weighted by molar-refractivity contribution is -0.134. The highest BCUT2D eigenvalue weighted by molar-refractivity contribution is 5.92. The highest BCUT2D eigenvalue weighted by Crippen LogP contribution is 2.31. The van der Waals surface area contributed by atoms with Crippen LogP contribution in [0, 0.1) is 0 Å². The number of unbranched alkanes of at least 4 members (excludes halogenated alkanes) is 1. The van der Waals surface area contributed by atoms with Gasteiger partial charge in [-0.1, -0.05) is 39.0 Å². The van der Waals surface area contributed by atoms with Crippen molar-refractivity contribution in [2.24, 2.45) is 4.99 Å². The summed E-state index contributed by atoms with van der Waals surface area (Å²) in [5.41, 5.74) is 2.03. The van der Waals surface area contributed by atoms with Crippen molar-refractivity contribution in [3.8, 4) is 0 Å². The van der Waals surface area contributed by atoms with Gasteiger partial charge in [0, 0.05) is 18.3 Å². The van der Waals surface area contributed by atoms with Gasteiger partial charge in [-0.15, -0.1) is 0 Å². The SMILES string of the molecule is C=CC1=C(C(=C)OC)CCN2C(=O)C(CCCC)N=CC12. The molecule has 0 aromatic carbocycles. The quantitative estimate of drug-likeness (QED) is 0.705. The molecule has 0 fully saturated rings. The van der Waals surface area contributed by atoms with Crippen LogP contribution in [0.15, 0.2) is 41.1 Å². The molecular formula is C17H24N2O2. The molecule has 2 unspecified atom stereocenters. The molecule has 2 heterocycles. The Morgan fingerprint density at radius 2 is 2.38 bits per heavy atom. The van der Waals surface area contributed by atoms with Gasteiger partial charge in [0.1, 0.15) is 11.8 Å². The van der Waals surface area contributed by atoms with Gasteiger partial charge in [0.05, 0.1) is 13.2 Å². The summed E-state index contributed by atoms with van der Waals surface area (Å²) in [4.78, 5) is 19.0. The van der Waals surface area contributed by atoms with E-state index in [1.807, 2.05) is 11.1 Å². The molecule has 0 aromatic rings. The van der Waals surface area contributed by atoms with E-state index in [1.54, 1.807) is 13.2 Å². The Morgan fingerprint density at radius 3 is 3.00 bits per heavy atom. The van der Waals surface area contributed by atoms with Gasteiger partial charge < -0.3 is 9.64 Å². The Labute approximate surface area is 126 Å². The van der Waals surface area contributed by atoms with Crippen molar-refractivity contribution < 1.29 is 9.53 Å². The molecule has 114 valence electrons. The van der Waals surface area contributed by atoms with Crippen LogP contribution in [0.4, 0.5) is 0 Å². The smallest absolute Gasteiger partial charge is 0.248 e. The molecule has 2 aliphatic heterocycles. The summed E-state index contributed by atoms with van der Waals surface area (Å²) in [7, 11) is 1.61. The van der Waals surface area contributed by atoms with Crippen LogP contribution in [0.5, 0.6) is 0 Å². The molecule has 4 nitrogen and oxygen atoms in total. The van der Waals surface area contributed by atoms with Crippen molar-refractivity contribution in [1.82, 2.24) is 4.90 Å². The first-order valence-electron chi connectivity index (χ1n) is 7.56. The van der Waals surface area contributed by atoms with E-state index in [2.05, 4.69) is 25.1 Å². The van der Waals surface area contributed by atoms with E-state index in [9.17, 15) is 4.79 Å². The predicted molar refractivity (Wildman–Crippen MR) is 85.3 cm³/mol. The molecule has 2 atom stereocenters. The molecule has 0 bridgehead atoms. The van der Waals surface area contributed by atoms with Crippen molar-refractivity contribution in [2.75, 3.05) is 13.7 Å². The minimum atomic E-state index is -0.209. The summed E-state index contributed by atoms with van der Waals surface area (Å²) in [6.45, 7) is 10.6. The maximum absolute atomic E-state index is 12.6. The predicted octanol–water partition coefficient (Wildman–Crippen LogP) is 2.87. The molecule has 2 rings (SSSR count). The fourth-order valence-corrected chi connectivity index (χ4v) is 2.97. The zero-order valence-electron chi connectivity index (χ0n) is 13.0. The molecule has 2 aliphatic rings. The van der Waals surface area contributed by atoms with Crippen molar-refractivity contribution in [3.63, 3.8) is 0 Å². The second kappa shape index (κ2) is 6.74. The second-order valence-corrected chi connectivity index (χ2v) is 5.45. The Kier molecular flexibility index (Phi) is 4.99. The Balaban J connectivity index is 2.29. The Hall–Kier alpha value is -1.84. The number of ether oxygens (including phenoxy) is 1. The van der Waals surface area contributed by atoms with Crippen LogP contribution in [0.25, 0.3) is 0 Å². The lowest BCUT2D eigenvalue weighted by Crippen LogP contribution is -2.52. The molecule has 0 saturated heterocycles. The van der Waals surface area contributed by atoms with Crippen LogP contribution in [-0.4, -0.2) is 42.8 Å². The van der Waals surface area contributed by atoms with Crippen LogP contribution in [0.1, 0.15) is 32.6 Å². The molecule has 1 amide bonds. The second-order valence-electron chi connectivity index (χ2n) is 5.45. The molecule has 0 radical (unpaired) electrons. The van der Waals surface area contributed by atoms with Crippen LogP contribution >= 0.6 is 0 Å². The first kappa shape index (κ1) is 15.5. The summed E-state index contributed by atoms with van der Waals surface area (Å²) in [6.07, 6.45) is 7.38. The summed E-state index contributed by atoms with van der Waals surface area (Å²) in [6, 6.07) is -0.331. The van der Waals surface area contributed by atoms with Crippen molar-refractivity contribution >= 4 is 12.1 Å². The number of allylic oxidation sites excluding steroid dienone is 1. The zero-order chi connectivity index (χ0) is 15.4. The van der Waals surface area contributed by atoms with Gasteiger partial charge >= 0.3 is 0 Å². The van der Waals surface area contributed by atoms with E-state index in [0.29, 0.717) is 12.3 Å². The first-order chi connectivity index (χ1) is 10.1. The van der Waals surface area contributed by atoms with Gasteiger partial charge in [0.15, 0.2) is 0 Å². The van der Waals surface area contributed by atoms with E-state index in [4.69, 9.17) is 4.74 Å². The van der Waals surface area contributed by atoms with E-state index in [1.165, 1.54) is 0 Å². The summed E-state index contributed by atoms with van der Waals surface area (Å²) in [5, 5.41) is 0. The third kappa shape index (κ3) is 2.94. The molecule has 0 saturated carbocycles. The molecule has 0 N–H and O–H groups in total. The molecular weight excluding hydrogens is 264 g/mol. The van der Waals surface area contributed by atoms with Crippen LogP contribution in [0.2, 0.25) is 0 Å². The highest BCUT2D eigenvalue weighted by Gasteiger charge is 2.37. The fourth-order valence-electron chi connectivity index (χ4n) is 2.97. The van der Waals surface area contributed by atoms with Gasteiger partial charge in [-0.2, -0.15) is 0 Å². The lowest BCUT2D eigenvalue weighted by Gasteiger charge is -2.40. The summed E-state index contributed by atoms with van der Waals surface area (Å²) >= 11 is 0. The largest absolute Gasteiger partial charge is 0.497 e. The van der Waals surface area contributed by atoms with E-state index >= 15 is 0 Å². The van der Waals surface area contributed by atoms with Crippen LogP contribution < -0.4 is 0 Å². The number of rotatable bonds is 6. The fraction of sp³-hybridized carbons (Fsp3) is 0.529. The minimum Gasteiger partial charge on any atom is -0.497 e. The van der Waals surface area contributed by atoms with Crippen LogP contribution in [-0.2, 0) is 9.53 Å². The first-order valence-corrected chi connectivity index (χ1v) is 7.56.